The first kappa shape index (κ1) is 26.5. The highest BCUT2D eigenvalue weighted by molar-refractivity contribution is 5.95. The van der Waals surface area contributed by atoms with Crippen molar-refractivity contribution in [3.8, 4) is 5.75 Å². The van der Waals surface area contributed by atoms with E-state index in [0.717, 1.165) is 0 Å². The van der Waals surface area contributed by atoms with E-state index in [1.54, 1.807) is 0 Å². The fourth-order valence-corrected chi connectivity index (χ4v) is 3.59. The van der Waals surface area contributed by atoms with Crippen LogP contribution in [0, 0.1) is 0 Å². The van der Waals surface area contributed by atoms with Crippen molar-refractivity contribution in [1.29, 1.82) is 0 Å². The van der Waals surface area contributed by atoms with E-state index in [-0.39, 0.29) is 25.1 Å². The number of nitrogens with one attached hydrogen (secondary N) is 2. The summed E-state index contributed by atoms with van der Waals surface area (Å²) in [5.41, 5.74) is 6.19. The van der Waals surface area contributed by atoms with Crippen LogP contribution in [-0.4, -0.2) is 92.3 Å². The molecule has 0 bridgehead atoms. The van der Waals surface area contributed by atoms with Crippen LogP contribution in [0.3, 0.4) is 0 Å². The van der Waals surface area contributed by atoms with Gasteiger partial charge in [-0.2, -0.15) is 0 Å². The van der Waals surface area contributed by atoms with Crippen LogP contribution in [0.5, 0.6) is 5.75 Å². The van der Waals surface area contributed by atoms with Crippen LogP contribution in [0.2, 0.25) is 0 Å². The molecule has 186 valence electrons. The lowest BCUT2D eigenvalue weighted by Gasteiger charge is -2.28. The molecular formula is C21H28N4O9. The number of phenolic OH excluding ortho intramolecular Hbond substituents is 1. The van der Waals surface area contributed by atoms with Gasteiger partial charge in [0.25, 0.3) is 0 Å². The van der Waals surface area contributed by atoms with E-state index >= 15 is 0 Å². The highest BCUT2D eigenvalue weighted by Gasteiger charge is 2.38. The van der Waals surface area contributed by atoms with E-state index in [0.29, 0.717) is 12.0 Å². The summed E-state index contributed by atoms with van der Waals surface area (Å²) < 4.78 is 0. The van der Waals surface area contributed by atoms with Crippen molar-refractivity contribution in [1.82, 2.24) is 15.5 Å². The largest absolute Gasteiger partial charge is 0.508 e. The maximum atomic E-state index is 13.0. The van der Waals surface area contributed by atoms with Crippen molar-refractivity contribution < 1.29 is 44.4 Å². The maximum Gasteiger partial charge on any atom is 0.328 e. The van der Waals surface area contributed by atoms with Crippen LogP contribution in [0.25, 0.3) is 0 Å². The Kier molecular flexibility index (Phi) is 9.33. The molecule has 0 spiro atoms. The number of aliphatic hydroxyl groups is 1. The zero-order valence-corrected chi connectivity index (χ0v) is 18.2. The van der Waals surface area contributed by atoms with Gasteiger partial charge in [-0.15, -0.1) is 0 Å². The van der Waals surface area contributed by atoms with Crippen molar-refractivity contribution in [2.45, 2.75) is 49.9 Å². The predicted octanol–water partition coefficient (Wildman–Crippen LogP) is -2.23. The third-order valence-corrected chi connectivity index (χ3v) is 5.36. The quantitative estimate of drug-likeness (QED) is 0.181. The molecule has 2 rings (SSSR count). The fraction of sp³-hybridized carbons (Fsp3) is 0.476. The molecule has 0 aliphatic carbocycles. The summed E-state index contributed by atoms with van der Waals surface area (Å²) >= 11 is 0. The van der Waals surface area contributed by atoms with E-state index in [4.69, 9.17) is 15.9 Å². The number of nitrogens with zero attached hydrogens (tertiary/aromatic N) is 1. The summed E-state index contributed by atoms with van der Waals surface area (Å²) in [7, 11) is 0. The van der Waals surface area contributed by atoms with Gasteiger partial charge in [0.05, 0.1) is 19.1 Å². The number of aromatic hydroxyl groups is 1. The predicted molar refractivity (Wildman–Crippen MR) is 115 cm³/mol. The lowest BCUT2D eigenvalue weighted by Crippen LogP contribution is -2.57. The van der Waals surface area contributed by atoms with Gasteiger partial charge in [0.1, 0.15) is 23.9 Å². The average Bonchev–Trinajstić information content (AvgIpc) is 3.27. The van der Waals surface area contributed by atoms with Gasteiger partial charge >= 0.3 is 11.9 Å². The number of aliphatic hydroxyl groups excluding tert-OH is 1. The molecule has 8 N–H and O–H groups in total. The third-order valence-electron chi connectivity index (χ3n) is 5.36. The minimum Gasteiger partial charge on any atom is -0.508 e. The number of phenols is 1. The number of hydrogen-bond acceptors (Lipinski definition) is 8. The Hall–Kier alpha value is -3.71. The standard InChI is InChI=1S/C21H28N4O9/c22-13(9-17(28)29)20(32)25-7-1-2-16(25)19(31)23-14(8-11-3-5-12(27)6-4-11)18(30)24-15(10-26)21(33)34/h3-6,13-16,26-27H,1-2,7-10,22H2,(H,23,31)(H,24,30)(H,28,29)(H,33,34). The van der Waals surface area contributed by atoms with E-state index in [1.165, 1.54) is 29.2 Å². The van der Waals surface area contributed by atoms with E-state index < -0.39 is 66.9 Å². The zero-order valence-electron chi connectivity index (χ0n) is 18.2. The van der Waals surface area contributed by atoms with Crippen molar-refractivity contribution in [3.63, 3.8) is 0 Å². The number of amides is 3. The number of carboxylic acids is 2. The Balaban J connectivity index is 2.19. The lowest BCUT2D eigenvalue weighted by atomic mass is 10.0. The van der Waals surface area contributed by atoms with Crippen molar-refractivity contribution >= 4 is 29.7 Å². The number of rotatable bonds is 11. The van der Waals surface area contributed by atoms with Gasteiger partial charge in [0.15, 0.2) is 0 Å². The second-order valence-electron chi connectivity index (χ2n) is 7.91. The highest BCUT2D eigenvalue weighted by Crippen LogP contribution is 2.19. The van der Waals surface area contributed by atoms with Crippen LogP contribution >= 0.6 is 0 Å². The Morgan fingerprint density at radius 2 is 1.71 bits per heavy atom. The molecule has 0 saturated carbocycles. The van der Waals surface area contributed by atoms with Crippen molar-refractivity contribution in [2.75, 3.05) is 13.2 Å². The first-order valence-electron chi connectivity index (χ1n) is 10.5. The smallest absolute Gasteiger partial charge is 0.328 e. The Morgan fingerprint density at radius 1 is 1.06 bits per heavy atom. The summed E-state index contributed by atoms with van der Waals surface area (Å²) in [5, 5.41) is 41.3. The number of aliphatic carboxylic acids is 2. The summed E-state index contributed by atoms with van der Waals surface area (Å²) in [5.74, 6) is -5.01. The average molecular weight is 480 g/mol. The van der Waals surface area contributed by atoms with E-state index in [2.05, 4.69) is 10.6 Å². The van der Waals surface area contributed by atoms with Crippen LogP contribution in [0.1, 0.15) is 24.8 Å². The molecule has 1 aromatic carbocycles. The number of carboxylic acid groups (broad SMARTS) is 2. The minimum atomic E-state index is -1.59. The second kappa shape index (κ2) is 12.0. The molecular weight excluding hydrogens is 452 g/mol. The molecule has 3 amide bonds. The molecule has 4 unspecified atom stereocenters. The monoisotopic (exact) mass is 480 g/mol. The summed E-state index contributed by atoms with van der Waals surface area (Å²) in [4.78, 5) is 61.6. The number of hydrogen-bond donors (Lipinski definition) is 7. The summed E-state index contributed by atoms with van der Waals surface area (Å²) in [6.45, 7) is -0.683. The Bertz CT molecular complexity index is 921. The van der Waals surface area contributed by atoms with E-state index in [9.17, 15) is 34.2 Å². The van der Waals surface area contributed by atoms with Gasteiger partial charge in [-0.25, -0.2) is 4.79 Å². The minimum absolute atomic E-state index is 0.0159. The highest BCUT2D eigenvalue weighted by atomic mass is 16.4. The summed E-state index contributed by atoms with van der Waals surface area (Å²) in [6, 6.07) is 0.597. The fourth-order valence-electron chi connectivity index (χ4n) is 3.59. The molecule has 1 heterocycles. The van der Waals surface area contributed by atoms with Crippen molar-refractivity contribution in [2.24, 2.45) is 5.73 Å². The van der Waals surface area contributed by atoms with Gasteiger partial charge in [-0.05, 0) is 30.5 Å². The molecule has 13 heteroatoms. The van der Waals surface area contributed by atoms with Crippen LogP contribution < -0.4 is 16.4 Å². The lowest BCUT2D eigenvalue weighted by molar-refractivity contribution is -0.144. The number of likely N-dealkylation sites (tertiary alicyclic amines) is 1. The molecule has 34 heavy (non-hydrogen) atoms. The van der Waals surface area contributed by atoms with Gasteiger partial charge in [-0.3, -0.25) is 19.2 Å². The van der Waals surface area contributed by atoms with Gasteiger partial charge in [-0.1, -0.05) is 12.1 Å². The molecule has 0 aromatic heterocycles. The molecule has 1 aliphatic heterocycles. The van der Waals surface area contributed by atoms with E-state index in [1.807, 2.05) is 0 Å². The van der Waals surface area contributed by atoms with Gasteiger partial charge in [0.2, 0.25) is 17.7 Å². The summed E-state index contributed by atoms with van der Waals surface area (Å²) in [6.07, 6.45) is 0.0471. The first-order valence-corrected chi connectivity index (χ1v) is 10.5. The second-order valence-corrected chi connectivity index (χ2v) is 7.91. The maximum absolute atomic E-state index is 13.0. The number of benzene rings is 1. The first-order chi connectivity index (χ1) is 16.0. The van der Waals surface area contributed by atoms with Crippen LogP contribution in [0.4, 0.5) is 0 Å². The number of carbonyl (C=O) groups excluding carboxylic acids is 3. The van der Waals surface area contributed by atoms with Gasteiger partial charge in [0, 0.05) is 13.0 Å². The third kappa shape index (κ3) is 7.15. The molecule has 13 nitrogen and oxygen atoms in total. The van der Waals surface area contributed by atoms with Crippen LogP contribution in [0.15, 0.2) is 24.3 Å². The number of nitrogens with two attached hydrogens (primary N) is 1. The van der Waals surface area contributed by atoms with Crippen molar-refractivity contribution in [3.05, 3.63) is 29.8 Å². The molecule has 1 fully saturated rings. The molecule has 4 atom stereocenters. The molecule has 1 saturated heterocycles. The Labute approximate surface area is 194 Å². The van der Waals surface area contributed by atoms with Crippen LogP contribution in [-0.2, 0) is 30.4 Å². The SMILES string of the molecule is NC(CC(=O)O)C(=O)N1CCCC1C(=O)NC(Cc1ccc(O)cc1)C(=O)NC(CO)C(=O)O. The molecule has 1 aliphatic rings. The molecule has 1 aromatic rings. The van der Waals surface area contributed by atoms with Gasteiger partial charge < -0.3 is 41.7 Å². The normalized spacial score (nSPS) is 17.9. The Morgan fingerprint density at radius 3 is 2.26 bits per heavy atom. The number of carbonyl (C=O) groups is 5. The molecule has 0 radical (unpaired) electrons. The zero-order chi connectivity index (χ0) is 25.4. The topological polar surface area (TPSA) is 220 Å².